The Morgan fingerprint density at radius 1 is 1.42 bits per heavy atom. The van der Waals surface area contributed by atoms with Crippen LogP contribution < -0.4 is 5.32 Å². The van der Waals surface area contributed by atoms with Gasteiger partial charge in [0.2, 0.25) is 0 Å². The van der Waals surface area contributed by atoms with Crippen molar-refractivity contribution in [2.45, 2.75) is 19.4 Å². The van der Waals surface area contributed by atoms with Crippen molar-refractivity contribution in [3.8, 4) is 0 Å². The van der Waals surface area contributed by atoms with Crippen molar-refractivity contribution >= 4 is 24.8 Å². The summed E-state index contributed by atoms with van der Waals surface area (Å²) in [5, 5.41) is 3.39. The molecule has 2 heterocycles. The minimum absolute atomic E-state index is 0. The maximum absolute atomic E-state index is 4.24. The van der Waals surface area contributed by atoms with Gasteiger partial charge in [0.25, 0.3) is 0 Å². The Bertz CT molecular complexity index is 364. The first-order chi connectivity index (χ1) is 8.27. The second-order valence-electron chi connectivity index (χ2n) is 4.75. The smallest absolute Gasteiger partial charge is 0.0401 e. The standard InChI is InChI=1S/C14H21N3.2ClH/c1-12(2)10-14(13-4-3-5-16-11-13)17-8-6-15-7-9-17;;/h3-5,11,14-15H,1,6-10H2,2H3;2*1H/t14-;;/m1../s1. The summed E-state index contributed by atoms with van der Waals surface area (Å²) in [6.07, 6.45) is 4.83. The van der Waals surface area contributed by atoms with Gasteiger partial charge in [0.05, 0.1) is 0 Å². The molecule has 0 aromatic carbocycles. The summed E-state index contributed by atoms with van der Waals surface area (Å²) < 4.78 is 0. The predicted octanol–water partition coefficient (Wildman–Crippen LogP) is 2.84. The summed E-state index contributed by atoms with van der Waals surface area (Å²) in [7, 11) is 0. The lowest BCUT2D eigenvalue weighted by atomic mass is 9.99. The molecular formula is C14H23Cl2N3. The number of nitrogens with zero attached hydrogens (tertiary/aromatic N) is 2. The lowest BCUT2D eigenvalue weighted by Crippen LogP contribution is -2.45. The summed E-state index contributed by atoms with van der Waals surface area (Å²) in [5.74, 6) is 0. The molecule has 5 heteroatoms. The molecule has 0 radical (unpaired) electrons. The maximum atomic E-state index is 4.24. The van der Waals surface area contributed by atoms with E-state index >= 15 is 0 Å². The fourth-order valence-corrected chi connectivity index (χ4v) is 2.35. The summed E-state index contributed by atoms with van der Waals surface area (Å²) in [6.45, 7) is 10.5. The number of nitrogens with one attached hydrogen (secondary N) is 1. The first-order valence-electron chi connectivity index (χ1n) is 6.26. The third kappa shape index (κ3) is 5.49. The highest BCUT2D eigenvalue weighted by molar-refractivity contribution is 5.85. The molecule has 0 saturated carbocycles. The van der Waals surface area contributed by atoms with Crippen LogP contribution in [0, 0.1) is 0 Å². The van der Waals surface area contributed by atoms with Gasteiger partial charge in [-0.25, -0.2) is 0 Å². The lowest BCUT2D eigenvalue weighted by Gasteiger charge is -2.35. The normalized spacial score (nSPS) is 16.9. The molecule has 1 N–H and O–H groups in total. The summed E-state index contributed by atoms with van der Waals surface area (Å²) in [6, 6.07) is 4.62. The zero-order valence-corrected chi connectivity index (χ0v) is 13.0. The Kier molecular flexibility index (Phi) is 9.02. The Balaban J connectivity index is 0.00000162. The van der Waals surface area contributed by atoms with E-state index in [1.807, 2.05) is 18.5 Å². The molecule has 3 nitrogen and oxygen atoms in total. The number of halogens is 2. The van der Waals surface area contributed by atoms with Crippen LogP contribution in [0.4, 0.5) is 0 Å². The molecule has 1 aliphatic heterocycles. The van der Waals surface area contributed by atoms with Gasteiger partial charge in [-0.1, -0.05) is 11.6 Å². The van der Waals surface area contributed by atoms with Crippen LogP contribution in [-0.4, -0.2) is 36.1 Å². The van der Waals surface area contributed by atoms with Crippen LogP contribution in [-0.2, 0) is 0 Å². The van der Waals surface area contributed by atoms with Gasteiger partial charge in [0.1, 0.15) is 0 Å². The second kappa shape index (κ2) is 9.32. The van der Waals surface area contributed by atoms with Crippen LogP contribution >= 0.6 is 24.8 Å². The molecule has 1 atom stereocenters. The Morgan fingerprint density at radius 2 is 2.11 bits per heavy atom. The van der Waals surface area contributed by atoms with Gasteiger partial charge < -0.3 is 5.32 Å². The maximum Gasteiger partial charge on any atom is 0.0401 e. The Morgan fingerprint density at radius 3 is 2.63 bits per heavy atom. The van der Waals surface area contributed by atoms with E-state index in [2.05, 4.69) is 34.8 Å². The molecule has 1 fully saturated rings. The molecule has 2 rings (SSSR count). The third-order valence-electron chi connectivity index (χ3n) is 3.20. The van der Waals surface area contributed by atoms with Crippen molar-refractivity contribution < 1.29 is 0 Å². The average Bonchev–Trinajstić information content (AvgIpc) is 2.38. The fraction of sp³-hybridized carbons (Fsp3) is 0.500. The largest absolute Gasteiger partial charge is 0.314 e. The highest BCUT2D eigenvalue weighted by atomic mass is 35.5. The first kappa shape index (κ1) is 18.4. The molecule has 0 bridgehead atoms. The zero-order chi connectivity index (χ0) is 12.1. The average molecular weight is 304 g/mol. The highest BCUT2D eigenvalue weighted by Gasteiger charge is 2.21. The van der Waals surface area contributed by atoms with E-state index in [-0.39, 0.29) is 24.8 Å². The molecular weight excluding hydrogens is 281 g/mol. The van der Waals surface area contributed by atoms with Gasteiger partial charge in [0.15, 0.2) is 0 Å². The van der Waals surface area contributed by atoms with E-state index in [1.54, 1.807) is 0 Å². The van der Waals surface area contributed by atoms with Crippen LogP contribution in [0.25, 0.3) is 0 Å². The van der Waals surface area contributed by atoms with Gasteiger partial charge in [-0.2, -0.15) is 0 Å². The molecule has 0 amide bonds. The summed E-state index contributed by atoms with van der Waals surface area (Å²) in [5.41, 5.74) is 2.54. The molecule has 1 aromatic heterocycles. The quantitative estimate of drug-likeness (QED) is 0.867. The van der Waals surface area contributed by atoms with Crippen LogP contribution in [0.2, 0.25) is 0 Å². The van der Waals surface area contributed by atoms with E-state index in [4.69, 9.17) is 0 Å². The number of hydrogen-bond donors (Lipinski definition) is 1. The summed E-state index contributed by atoms with van der Waals surface area (Å²) >= 11 is 0. The van der Waals surface area contributed by atoms with Crippen molar-refractivity contribution in [3.63, 3.8) is 0 Å². The molecule has 19 heavy (non-hydrogen) atoms. The van der Waals surface area contributed by atoms with Crippen LogP contribution in [0.5, 0.6) is 0 Å². The molecule has 0 unspecified atom stereocenters. The van der Waals surface area contributed by atoms with Crippen molar-refractivity contribution in [1.82, 2.24) is 15.2 Å². The van der Waals surface area contributed by atoms with Crippen molar-refractivity contribution in [2.24, 2.45) is 0 Å². The minimum atomic E-state index is 0. The molecule has 0 spiro atoms. The number of aromatic nitrogens is 1. The number of hydrogen-bond acceptors (Lipinski definition) is 3. The van der Waals surface area contributed by atoms with Gasteiger partial charge in [-0.3, -0.25) is 9.88 Å². The number of pyridine rings is 1. The molecule has 1 aromatic rings. The van der Waals surface area contributed by atoms with Crippen LogP contribution in [0.15, 0.2) is 36.7 Å². The van der Waals surface area contributed by atoms with Gasteiger partial charge in [0, 0.05) is 44.6 Å². The molecule has 0 aliphatic carbocycles. The zero-order valence-electron chi connectivity index (χ0n) is 11.3. The molecule has 108 valence electrons. The van der Waals surface area contributed by atoms with Crippen LogP contribution in [0.3, 0.4) is 0 Å². The Labute approximate surface area is 128 Å². The van der Waals surface area contributed by atoms with E-state index < -0.39 is 0 Å². The van der Waals surface area contributed by atoms with E-state index in [1.165, 1.54) is 11.1 Å². The lowest BCUT2D eigenvalue weighted by molar-refractivity contribution is 0.172. The number of piperazine rings is 1. The first-order valence-corrected chi connectivity index (χ1v) is 6.26. The fourth-order valence-electron chi connectivity index (χ4n) is 2.35. The molecule has 1 aliphatic rings. The van der Waals surface area contributed by atoms with Crippen molar-refractivity contribution in [2.75, 3.05) is 26.2 Å². The SMILES string of the molecule is C=C(C)C[C@H](c1cccnc1)N1CCNCC1.Cl.Cl. The predicted molar refractivity (Wildman–Crippen MR) is 85.3 cm³/mol. The van der Waals surface area contributed by atoms with Gasteiger partial charge >= 0.3 is 0 Å². The van der Waals surface area contributed by atoms with E-state index in [0.29, 0.717) is 6.04 Å². The topological polar surface area (TPSA) is 28.2 Å². The Hall–Kier alpha value is -0.610. The third-order valence-corrected chi connectivity index (χ3v) is 3.20. The minimum Gasteiger partial charge on any atom is -0.314 e. The number of rotatable bonds is 4. The highest BCUT2D eigenvalue weighted by Crippen LogP contribution is 2.26. The summed E-state index contributed by atoms with van der Waals surface area (Å²) in [4.78, 5) is 6.77. The van der Waals surface area contributed by atoms with E-state index in [0.717, 1.165) is 32.6 Å². The molecule has 1 saturated heterocycles. The monoisotopic (exact) mass is 303 g/mol. The van der Waals surface area contributed by atoms with Crippen LogP contribution in [0.1, 0.15) is 24.9 Å². The van der Waals surface area contributed by atoms with Crippen molar-refractivity contribution in [1.29, 1.82) is 0 Å². The van der Waals surface area contributed by atoms with Gasteiger partial charge in [-0.15, -0.1) is 31.4 Å². The van der Waals surface area contributed by atoms with E-state index in [9.17, 15) is 0 Å². The second-order valence-corrected chi connectivity index (χ2v) is 4.75. The van der Waals surface area contributed by atoms with Gasteiger partial charge in [-0.05, 0) is 25.0 Å². The van der Waals surface area contributed by atoms with Crippen molar-refractivity contribution in [3.05, 3.63) is 42.2 Å².